The first-order valence-electron chi connectivity index (χ1n) is 14.9. The Labute approximate surface area is 249 Å². The summed E-state index contributed by atoms with van der Waals surface area (Å²) in [6.07, 6.45) is 4.14. The number of nitrogens with zero attached hydrogens (tertiary/aromatic N) is 5. The fraction of sp³-hybridized carbons (Fsp3) is 0.353. The molecule has 0 spiro atoms. The van der Waals surface area contributed by atoms with Crippen molar-refractivity contribution in [2.24, 2.45) is 0 Å². The summed E-state index contributed by atoms with van der Waals surface area (Å²) in [6, 6.07) is 11.9. The number of rotatable bonds is 3. The number of aromatic nitrogens is 3. The SMILES string of the molecule is C=CC(=O)N1CCN(c2nc(=O)n3c4nc(c(F)cc24)-c2c(F)cccc2CCCCc2cccc(C(C)C)c2-3)[C@@H](C)C1. The first kappa shape index (κ1) is 28.7. The number of benzene rings is 2. The number of hydrogen-bond donors (Lipinski definition) is 0. The molecule has 0 aliphatic carbocycles. The number of fused-ring (bicyclic) bond motifs is 5. The summed E-state index contributed by atoms with van der Waals surface area (Å²) in [5.74, 6) is -1.02. The highest BCUT2D eigenvalue weighted by Crippen LogP contribution is 2.36. The van der Waals surface area contributed by atoms with E-state index in [-0.39, 0.29) is 34.8 Å². The van der Waals surface area contributed by atoms with Gasteiger partial charge in [0.25, 0.3) is 0 Å². The third-order valence-corrected chi connectivity index (χ3v) is 8.66. The Kier molecular flexibility index (Phi) is 7.58. The standard InChI is InChI=1S/C34H35F2N5O2/c1-5-28(42)39-16-17-40(21(4)19-39)32-25-18-27(36)30-29-22(12-9-15-26(29)35)10-6-7-11-23-13-8-14-24(20(2)3)31(23)41(33(25)37-30)34(43)38-32/h5,8-9,12-15,18,20-21H,1,6-7,10-11,16-17,19H2,2-4H3/t21-/m0/s1. The molecule has 2 aromatic carbocycles. The zero-order chi connectivity index (χ0) is 30.4. The molecule has 4 heterocycles. The van der Waals surface area contributed by atoms with E-state index in [1.165, 1.54) is 22.8 Å². The molecule has 4 aromatic rings. The lowest BCUT2D eigenvalue weighted by atomic mass is 9.93. The fourth-order valence-corrected chi connectivity index (χ4v) is 6.53. The van der Waals surface area contributed by atoms with Gasteiger partial charge in [-0.1, -0.05) is 50.8 Å². The van der Waals surface area contributed by atoms with Gasteiger partial charge in [-0.3, -0.25) is 4.79 Å². The van der Waals surface area contributed by atoms with Crippen LogP contribution in [0.5, 0.6) is 0 Å². The van der Waals surface area contributed by atoms with Crippen LogP contribution >= 0.6 is 0 Å². The molecule has 1 saturated heterocycles. The number of anilines is 1. The molecule has 7 nitrogen and oxygen atoms in total. The van der Waals surface area contributed by atoms with E-state index in [1.54, 1.807) is 11.0 Å². The van der Waals surface area contributed by atoms with Gasteiger partial charge in [-0.2, -0.15) is 4.98 Å². The van der Waals surface area contributed by atoms with Crippen LogP contribution in [-0.4, -0.2) is 51.0 Å². The van der Waals surface area contributed by atoms with Crippen molar-refractivity contribution in [2.45, 2.75) is 58.4 Å². The second kappa shape index (κ2) is 11.4. The highest BCUT2D eigenvalue weighted by Gasteiger charge is 2.31. The van der Waals surface area contributed by atoms with Crippen LogP contribution in [0, 0.1) is 11.6 Å². The van der Waals surface area contributed by atoms with Crippen LogP contribution in [0.2, 0.25) is 0 Å². The maximum atomic E-state index is 16.2. The summed E-state index contributed by atoms with van der Waals surface area (Å²) in [7, 11) is 0. The molecule has 2 aliphatic rings. The number of piperazine rings is 1. The lowest BCUT2D eigenvalue weighted by Crippen LogP contribution is -2.54. The average molecular weight is 584 g/mol. The van der Waals surface area contributed by atoms with Crippen LogP contribution in [0.1, 0.15) is 56.2 Å². The van der Waals surface area contributed by atoms with Gasteiger partial charge in [0.1, 0.15) is 23.1 Å². The zero-order valence-electron chi connectivity index (χ0n) is 24.7. The van der Waals surface area contributed by atoms with Crippen molar-refractivity contribution in [1.82, 2.24) is 19.4 Å². The van der Waals surface area contributed by atoms with E-state index in [0.717, 1.165) is 24.0 Å². The van der Waals surface area contributed by atoms with E-state index in [4.69, 9.17) is 4.98 Å². The first-order chi connectivity index (χ1) is 20.7. The van der Waals surface area contributed by atoms with Crippen LogP contribution in [0.4, 0.5) is 14.6 Å². The summed E-state index contributed by atoms with van der Waals surface area (Å²) in [6.45, 7) is 10.8. The molecule has 1 atom stereocenters. The van der Waals surface area contributed by atoms with Crippen molar-refractivity contribution in [3.05, 3.63) is 93.9 Å². The number of para-hydroxylation sites is 1. The summed E-state index contributed by atoms with van der Waals surface area (Å²) in [5.41, 5.74) is 3.03. The van der Waals surface area contributed by atoms with Crippen LogP contribution in [0.25, 0.3) is 28.0 Å². The van der Waals surface area contributed by atoms with Gasteiger partial charge in [0.15, 0.2) is 5.65 Å². The minimum atomic E-state index is -0.686. The first-order valence-corrected chi connectivity index (χ1v) is 14.9. The minimum absolute atomic E-state index is 0.0815. The highest BCUT2D eigenvalue weighted by atomic mass is 19.1. The Hall–Kier alpha value is -4.40. The summed E-state index contributed by atoms with van der Waals surface area (Å²) < 4.78 is 33.1. The van der Waals surface area contributed by atoms with Gasteiger partial charge >= 0.3 is 5.69 Å². The van der Waals surface area contributed by atoms with E-state index in [1.807, 2.05) is 36.1 Å². The molecule has 9 heteroatoms. The smallest absolute Gasteiger partial charge is 0.350 e. The number of halogens is 2. The zero-order valence-corrected chi connectivity index (χ0v) is 24.7. The second-order valence-corrected chi connectivity index (χ2v) is 11.8. The molecule has 2 aliphatic heterocycles. The van der Waals surface area contributed by atoms with Gasteiger partial charge < -0.3 is 9.80 Å². The Morgan fingerprint density at radius 1 is 1.02 bits per heavy atom. The van der Waals surface area contributed by atoms with Gasteiger partial charge in [0.2, 0.25) is 5.91 Å². The Balaban J connectivity index is 1.68. The van der Waals surface area contributed by atoms with Gasteiger partial charge in [0, 0.05) is 31.2 Å². The topological polar surface area (TPSA) is 71.3 Å². The van der Waals surface area contributed by atoms with Crippen molar-refractivity contribution < 1.29 is 13.6 Å². The molecule has 0 unspecified atom stereocenters. The molecule has 1 fully saturated rings. The fourth-order valence-electron chi connectivity index (χ4n) is 6.53. The molecule has 2 aromatic heterocycles. The normalized spacial score (nSPS) is 16.9. The van der Waals surface area contributed by atoms with Gasteiger partial charge in [0.05, 0.1) is 11.1 Å². The molecule has 43 heavy (non-hydrogen) atoms. The van der Waals surface area contributed by atoms with Crippen molar-refractivity contribution in [3.8, 4) is 16.9 Å². The molecule has 1 amide bonds. The highest BCUT2D eigenvalue weighted by molar-refractivity contribution is 5.91. The van der Waals surface area contributed by atoms with E-state index in [0.29, 0.717) is 54.9 Å². The number of pyridine rings is 1. The van der Waals surface area contributed by atoms with E-state index in [9.17, 15) is 9.59 Å². The van der Waals surface area contributed by atoms with Crippen molar-refractivity contribution in [2.75, 3.05) is 24.5 Å². The van der Waals surface area contributed by atoms with Crippen LogP contribution in [-0.2, 0) is 17.6 Å². The molecule has 0 radical (unpaired) electrons. The molecule has 2 bridgehead atoms. The predicted octanol–water partition coefficient (Wildman–Crippen LogP) is 5.95. The van der Waals surface area contributed by atoms with Gasteiger partial charge in [-0.25, -0.2) is 23.1 Å². The Bertz CT molecular complexity index is 1820. The number of aryl methyl sites for hydroxylation is 2. The Morgan fingerprint density at radius 2 is 1.74 bits per heavy atom. The molecular weight excluding hydrogens is 548 g/mol. The lowest BCUT2D eigenvalue weighted by molar-refractivity contribution is -0.126. The third kappa shape index (κ3) is 5.00. The quantitative estimate of drug-likeness (QED) is 0.279. The van der Waals surface area contributed by atoms with Gasteiger partial charge in [-0.15, -0.1) is 0 Å². The average Bonchev–Trinajstić information content (AvgIpc) is 2.98. The van der Waals surface area contributed by atoms with E-state index >= 15 is 8.78 Å². The lowest BCUT2D eigenvalue weighted by Gasteiger charge is -2.40. The maximum absolute atomic E-state index is 16.2. The van der Waals surface area contributed by atoms with Crippen molar-refractivity contribution in [3.63, 3.8) is 0 Å². The molecule has 6 rings (SSSR count). The molecular formula is C34H35F2N5O2. The number of hydrogen-bond acceptors (Lipinski definition) is 5. The second-order valence-electron chi connectivity index (χ2n) is 11.8. The number of carbonyl (C=O) groups excluding carboxylic acids is 1. The maximum Gasteiger partial charge on any atom is 0.355 e. The molecule has 222 valence electrons. The third-order valence-electron chi connectivity index (χ3n) is 8.66. The van der Waals surface area contributed by atoms with Crippen LogP contribution in [0.15, 0.2) is 59.9 Å². The summed E-state index contributed by atoms with van der Waals surface area (Å²) >= 11 is 0. The largest absolute Gasteiger partial charge is 0.355 e. The van der Waals surface area contributed by atoms with Crippen molar-refractivity contribution >= 4 is 22.8 Å². The van der Waals surface area contributed by atoms with Crippen LogP contribution in [0.3, 0.4) is 0 Å². The molecule has 0 saturated carbocycles. The van der Waals surface area contributed by atoms with E-state index < -0.39 is 17.3 Å². The van der Waals surface area contributed by atoms with Crippen LogP contribution < -0.4 is 10.6 Å². The minimum Gasteiger partial charge on any atom is -0.350 e. The number of carbonyl (C=O) groups is 1. The number of amides is 1. The Morgan fingerprint density at radius 3 is 2.47 bits per heavy atom. The monoisotopic (exact) mass is 583 g/mol. The summed E-state index contributed by atoms with van der Waals surface area (Å²) in [4.78, 5) is 39.5. The van der Waals surface area contributed by atoms with Gasteiger partial charge in [-0.05, 0) is 73.4 Å². The molecule has 0 N–H and O–H groups in total. The van der Waals surface area contributed by atoms with E-state index in [2.05, 4.69) is 25.4 Å². The summed E-state index contributed by atoms with van der Waals surface area (Å²) in [5, 5.41) is 0.357. The van der Waals surface area contributed by atoms with Crippen molar-refractivity contribution in [1.29, 1.82) is 0 Å². The predicted molar refractivity (Wildman–Crippen MR) is 165 cm³/mol.